The number of benzene rings is 1. The van der Waals surface area contributed by atoms with Gasteiger partial charge in [0.05, 0.1) is 117 Å². The molecule has 3 rings (SSSR count). The summed E-state index contributed by atoms with van der Waals surface area (Å²) in [6.07, 6.45) is 0.174. The first kappa shape index (κ1) is 38.4. The number of amides is 4. The van der Waals surface area contributed by atoms with Crippen LogP contribution in [0, 0.1) is 0 Å². The first-order valence-corrected chi connectivity index (χ1v) is 15.9. The van der Waals surface area contributed by atoms with Crippen LogP contribution < -0.4 is 16.4 Å². The summed E-state index contributed by atoms with van der Waals surface area (Å²) in [4.78, 5) is 50.7. The van der Waals surface area contributed by atoms with E-state index in [-0.39, 0.29) is 24.0 Å². The highest BCUT2D eigenvalue weighted by Crippen LogP contribution is 2.32. The molecule has 0 bridgehead atoms. The summed E-state index contributed by atoms with van der Waals surface area (Å²) < 4.78 is 43.4. The number of ether oxygens (including phenoxy) is 8. The topological polar surface area (TPSA) is 195 Å². The van der Waals surface area contributed by atoms with E-state index >= 15 is 0 Å². The van der Waals surface area contributed by atoms with Crippen LogP contribution >= 0.6 is 0 Å². The van der Waals surface area contributed by atoms with Crippen LogP contribution in [0.15, 0.2) is 18.2 Å². The van der Waals surface area contributed by atoms with Crippen molar-refractivity contribution >= 4 is 29.3 Å². The minimum Gasteiger partial charge on any atom is -0.382 e. The zero-order valence-electron chi connectivity index (χ0n) is 26.9. The van der Waals surface area contributed by atoms with Crippen LogP contribution in [0.25, 0.3) is 0 Å². The summed E-state index contributed by atoms with van der Waals surface area (Å²) in [5.41, 5.74) is 6.24. The van der Waals surface area contributed by atoms with Crippen LogP contribution in [0.1, 0.15) is 33.6 Å². The molecular weight excluding hydrogens is 620 g/mol. The number of carbonyl (C=O) groups excluding carboxylic acids is 4. The largest absolute Gasteiger partial charge is 0.382 e. The molecule has 4 N–H and O–H groups in total. The molecule has 0 saturated carbocycles. The van der Waals surface area contributed by atoms with Gasteiger partial charge in [-0.25, -0.2) is 0 Å². The van der Waals surface area contributed by atoms with Crippen molar-refractivity contribution in [1.82, 2.24) is 10.2 Å². The fraction of sp³-hybridized carbons (Fsp3) is 0.677. The average molecular weight is 669 g/mol. The van der Waals surface area contributed by atoms with E-state index in [2.05, 4.69) is 10.6 Å². The van der Waals surface area contributed by atoms with Crippen molar-refractivity contribution < 1.29 is 57.1 Å². The third-order valence-electron chi connectivity index (χ3n) is 6.90. The minimum atomic E-state index is -1.01. The van der Waals surface area contributed by atoms with Gasteiger partial charge in [-0.2, -0.15) is 0 Å². The van der Waals surface area contributed by atoms with Gasteiger partial charge in [0, 0.05) is 25.2 Å². The highest BCUT2D eigenvalue weighted by molar-refractivity contribution is 6.25. The number of nitrogens with two attached hydrogens (primary N) is 1. The summed E-state index contributed by atoms with van der Waals surface area (Å²) >= 11 is 0. The number of nitrogens with one attached hydrogen (secondary N) is 2. The third-order valence-corrected chi connectivity index (χ3v) is 6.90. The molecule has 47 heavy (non-hydrogen) atoms. The SMILES string of the molecule is NCCOCCOCCOCCOCCOCCOCCOCCOCCNc1cccc2c1C(=O)N(C1CCC(=O)NC1=O)C2=O. The Hall–Kier alpha value is -3.06. The van der Waals surface area contributed by atoms with Crippen molar-refractivity contribution in [3.63, 3.8) is 0 Å². The summed E-state index contributed by atoms with van der Waals surface area (Å²) in [6.45, 7) is 8.34. The number of nitrogens with zero attached hydrogens (tertiary/aromatic N) is 1. The molecule has 0 spiro atoms. The summed E-state index contributed by atoms with van der Waals surface area (Å²) in [6, 6.07) is 3.91. The molecule has 0 aliphatic carbocycles. The predicted molar refractivity (Wildman–Crippen MR) is 167 cm³/mol. The van der Waals surface area contributed by atoms with Crippen molar-refractivity contribution in [2.75, 3.05) is 124 Å². The van der Waals surface area contributed by atoms with E-state index in [1.807, 2.05) is 0 Å². The Balaban J connectivity index is 1.09. The number of hydrogen-bond acceptors (Lipinski definition) is 14. The number of rotatable bonds is 28. The lowest BCUT2D eigenvalue weighted by atomic mass is 10.0. The van der Waals surface area contributed by atoms with Crippen molar-refractivity contribution in [3.8, 4) is 0 Å². The zero-order valence-corrected chi connectivity index (χ0v) is 26.9. The highest BCUT2D eigenvalue weighted by Gasteiger charge is 2.45. The van der Waals surface area contributed by atoms with Gasteiger partial charge in [-0.3, -0.25) is 29.4 Å². The lowest BCUT2D eigenvalue weighted by molar-refractivity contribution is -0.136. The van der Waals surface area contributed by atoms with Crippen LogP contribution in [0.4, 0.5) is 5.69 Å². The van der Waals surface area contributed by atoms with Gasteiger partial charge in [-0.05, 0) is 18.6 Å². The Labute approximate surface area is 274 Å². The van der Waals surface area contributed by atoms with Crippen molar-refractivity contribution in [3.05, 3.63) is 29.3 Å². The minimum absolute atomic E-state index is 0.0682. The molecule has 2 aliphatic rings. The van der Waals surface area contributed by atoms with Crippen LogP contribution in [0.5, 0.6) is 0 Å². The second-order valence-corrected chi connectivity index (χ2v) is 10.3. The number of hydrogen-bond donors (Lipinski definition) is 3. The second-order valence-electron chi connectivity index (χ2n) is 10.3. The van der Waals surface area contributed by atoms with Gasteiger partial charge in [0.25, 0.3) is 11.8 Å². The molecule has 1 aromatic rings. The fourth-order valence-electron chi connectivity index (χ4n) is 4.64. The molecule has 1 atom stereocenters. The maximum Gasteiger partial charge on any atom is 0.264 e. The van der Waals surface area contributed by atoms with Gasteiger partial charge in [0.15, 0.2) is 0 Å². The molecule has 1 aromatic carbocycles. The maximum atomic E-state index is 13.1. The summed E-state index contributed by atoms with van der Waals surface area (Å²) in [5, 5.41) is 5.32. The lowest BCUT2D eigenvalue weighted by Crippen LogP contribution is -2.54. The van der Waals surface area contributed by atoms with Gasteiger partial charge in [-0.15, -0.1) is 0 Å². The Kier molecular flexibility index (Phi) is 19.0. The number of imide groups is 2. The smallest absolute Gasteiger partial charge is 0.264 e. The Morgan fingerprint density at radius 2 is 1.13 bits per heavy atom. The van der Waals surface area contributed by atoms with E-state index in [0.717, 1.165) is 4.90 Å². The van der Waals surface area contributed by atoms with E-state index in [9.17, 15) is 19.2 Å². The second kappa shape index (κ2) is 23.3. The molecule has 2 aliphatic heterocycles. The molecule has 1 saturated heterocycles. The quantitative estimate of drug-likeness (QED) is 0.0770. The van der Waals surface area contributed by atoms with Crippen molar-refractivity contribution in [2.45, 2.75) is 18.9 Å². The van der Waals surface area contributed by atoms with Crippen molar-refractivity contribution in [2.24, 2.45) is 5.73 Å². The molecule has 16 heteroatoms. The lowest BCUT2D eigenvalue weighted by Gasteiger charge is -2.27. The van der Waals surface area contributed by atoms with Crippen LogP contribution in [0.2, 0.25) is 0 Å². The predicted octanol–water partition coefficient (Wildman–Crippen LogP) is -0.409. The third kappa shape index (κ3) is 13.9. The molecule has 264 valence electrons. The number of piperidine rings is 1. The van der Waals surface area contributed by atoms with Crippen LogP contribution in [-0.4, -0.2) is 153 Å². The van der Waals surface area contributed by atoms with Gasteiger partial charge in [0.2, 0.25) is 11.8 Å². The van der Waals surface area contributed by atoms with Crippen molar-refractivity contribution in [1.29, 1.82) is 0 Å². The summed E-state index contributed by atoms with van der Waals surface area (Å²) in [7, 11) is 0. The molecule has 16 nitrogen and oxygen atoms in total. The molecule has 4 amide bonds. The highest BCUT2D eigenvalue weighted by atomic mass is 16.6. The molecular formula is C31H48N4O12. The van der Waals surface area contributed by atoms with Gasteiger partial charge < -0.3 is 48.9 Å². The molecule has 0 aromatic heterocycles. The van der Waals surface area contributed by atoms with E-state index in [0.29, 0.717) is 124 Å². The zero-order chi connectivity index (χ0) is 33.5. The standard InChI is InChI=1S/C31H48N4O12/c32-6-8-40-10-12-42-14-16-44-18-20-46-22-23-47-21-19-45-17-15-43-13-11-41-9-7-33-25-3-1-2-24-28(25)31(39)35(30(24)38)26-4-5-27(36)34-29(26)37/h1-3,26,33H,4-23,32H2,(H,34,36,37). The Bertz CT molecular complexity index is 1110. The molecule has 2 heterocycles. The van der Waals surface area contributed by atoms with E-state index in [4.69, 9.17) is 43.6 Å². The van der Waals surface area contributed by atoms with Crippen LogP contribution in [-0.2, 0) is 47.5 Å². The molecule has 0 radical (unpaired) electrons. The van der Waals surface area contributed by atoms with Gasteiger partial charge in [-0.1, -0.05) is 6.07 Å². The van der Waals surface area contributed by atoms with Gasteiger partial charge in [0.1, 0.15) is 6.04 Å². The molecule has 1 fully saturated rings. The maximum absolute atomic E-state index is 13.1. The number of anilines is 1. The first-order valence-electron chi connectivity index (χ1n) is 15.9. The Morgan fingerprint density at radius 3 is 1.60 bits per heavy atom. The summed E-state index contributed by atoms with van der Waals surface area (Å²) in [5.74, 6) is -2.16. The monoisotopic (exact) mass is 668 g/mol. The van der Waals surface area contributed by atoms with E-state index < -0.39 is 29.7 Å². The Morgan fingerprint density at radius 1 is 0.660 bits per heavy atom. The van der Waals surface area contributed by atoms with Gasteiger partial charge >= 0.3 is 0 Å². The number of carbonyl (C=O) groups is 4. The van der Waals surface area contributed by atoms with E-state index in [1.165, 1.54) is 0 Å². The normalized spacial score (nSPS) is 16.2. The van der Waals surface area contributed by atoms with E-state index in [1.54, 1.807) is 18.2 Å². The van der Waals surface area contributed by atoms with Crippen LogP contribution in [0.3, 0.4) is 0 Å². The first-order chi connectivity index (χ1) is 23.0. The molecule has 1 unspecified atom stereocenters. The fourth-order valence-corrected chi connectivity index (χ4v) is 4.64. The average Bonchev–Trinajstić information content (AvgIpc) is 3.32. The number of fused-ring (bicyclic) bond motifs is 1.